The van der Waals surface area contributed by atoms with Gasteiger partial charge in [0, 0.05) is 54.8 Å². The highest BCUT2D eigenvalue weighted by Crippen LogP contribution is 2.35. The Bertz CT molecular complexity index is 968. The summed E-state index contributed by atoms with van der Waals surface area (Å²) < 4.78 is 2.01. The molecule has 4 heterocycles. The highest BCUT2D eigenvalue weighted by molar-refractivity contribution is 5.95. The van der Waals surface area contributed by atoms with E-state index in [1.165, 1.54) is 12.8 Å². The number of aromatic nitrogens is 3. The van der Waals surface area contributed by atoms with Crippen LogP contribution in [0.4, 0.5) is 5.82 Å². The van der Waals surface area contributed by atoms with E-state index in [4.69, 9.17) is 0 Å². The number of amides is 1. The average Bonchev–Trinajstić information content (AvgIpc) is 3.45. The van der Waals surface area contributed by atoms with Gasteiger partial charge in [0.05, 0.1) is 5.56 Å². The molecule has 3 aromatic heterocycles. The summed E-state index contributed by atoms with van der Waals surface area (Å²) in [6, 6.07) is 11.1. The monoisotopic (exact) mass is 375 g/mol. The summed E-state index contributed by atoms with van der Waals surface area (Å²) in [4.78, 5) is 26.3. The number of piperidine rings is 1. The molecule has 2 aliphatic rings. The number of pyridine rings is 1. The van der Waals surface area contributed by atoms with Gasteiger partial charge in [0.2, 0.25) is 0 Å². The van der Waals surface area contributed by atoms with Crippen LogP contribution in [0.1, 0.15) is 41.7 Å². The largest absolute Gasteiger partial charge is 0.350 e. The predicted octanol–water partition coefficient (Wildman–Crippen LogP) is 3.31. The Balaban J connectivity index is 1.29. The van der Waals surface area contributed by atoms with Crippen molar-refractivity contribution in [2.24, 2.45) is 0 Å². The number of fused-ring (bicyclic) bond motifs is 1. The number of nitrogens with zero attached hydrogens (tertiary/aromatic N) is 5. The van der Waals surface area contributed by atoms with E-state index in [1.807, 2.05) is 52.9 Å². The van der Waals surface area contributed by atoms with Crippen molar-refractivity contribution < 1.29 is 4.79 Å². The smallest absolute Gasteiger partial charge is 0.255 e. The maximum atomic E-state index is 13.0. The molecule has 1 amide bonds. The lowest BCUT2D eigenvalue weighted by molar-refractivity contribution is 0.0712. The molecule has 6 nitrogen and oxygen atoms in total. The molecule has 144 valence electrons. The van der Waals surface area contributed by atoms with Gasteiger partial charge in [0.1, 0.15) is 12.1 Å². The van der Waals surface area contributed by atoms with Gasteiger partial charge in [-0.3, -0.25) is 4.79 Å². The summed E-state index contributed by atoms with van der Waals surface area (Å²) in [5, 5.41) is 0. The highest BCUT2D eigenvalue weighted by atomic mass is 16.2. The molecule has 5 rings (SSSR count). The zero-order chi connectivity index (χ0) is 19.1. The van der Waals surface area contributed by atoms with Crippen molar-refractivity contribution in [1.82, 2.24) is 19.3 Å². The van der Waals surface area contributed by atoms with Crippen LogP contribution >= 0.6 is 0 Å². The van der Waals surface area contributed by atoms with Crippen LogP contribution in [0.5, 0.6) is 0 Å². The van der Waals surface area contributed by atoms with Crippen molar-refractivity contribution >= 4 is 17.2 Å². The zero-order valence-electron chi connectivity index (χ0n) is 16.2. The molecule has 0 atom stereocenters. The molecule has 1 saturated carbocycles. The zero-order valence-corrected chi connectivity index (χ0v) is 16.2. The first-order chi connectivity index (χ1) is 13.7. The molecule has 0 bridgehead atoms. The minimum Gasteiger partial charge on any atom is -0.350 e. The number of hydrogen-bond acceptors (Lipinski definition) is 4. The van der Waals surface area contributed by atoms with Crippen LogP contribution in [-0.2, 0) is 0 Å². The Morgan fingerprint density at radius 3 is 2.57 bits per heavy atom. The molecule has 0 N–H and O–H groups in total. The summed E-state index contributed by atoms with van der Waals surface area (Å²) in [6.45, 7) is 3.60. The van der Waals surface area contributed by atoms with Crippen LogP contribution in [-0.4, -0.2) is 50.3 Å². The van der Waals surface area contributed by atoms with E-state index < -0.39 is 0 Å². The Morgan fingerprint density at radius 1 is 1.07 bits per heavy atom. The van der Waals surface area contributed by atoms with E-state index in [2.05, 4.69) is 20.9 Å². The fourth-order valence-electron chi connectivity index (χ4n) is 4.31. The van der Waals surface area contributed by atoms with Gasteiger partial charge in [0.15, 0.2) is 0 Å². The van der Waals surface area contributed by atoms with E-state index >= 15 is 0 Å². The number of hydrogen-bond donors (Lipinski definition) is 0. The number of carbonyl (C=O) groups is 1. The van der Waals surface area contributed by atoms with Gasteiger partial charge in [-0.15, -0.1) is 0 Å². The molecule has 0 radical (unpaired) electrons. The lowest BCUT2D eigenvalue weighted by Crippen LogP contribution is -2.48. The molecule has 28 heavy (non-hydrogen) atoms. The Hall–Kier alpha value is -2.89. The molecular weight excluding hydrogens is 350 g/mol. The molecule has 0 unspecified atom stereocenters. The minimum absolute atomic E-state index is 0.137. The van der Waals surface area contributed by atoms with Gasteiger partial charge in [-0.25, -0.2) is 9.97 Å². The molecule has 6 heteroatoms. The van der Waals surface area contributed by atoms with Crippen LogP contribution < -0.4 is 4.90 Å². The number of rotatable bonds is 4. The molecule has 1 aliphatic heterocycles. The molecule has 0 spiro atoms. The van der Waals surface area contributed by atoms with Gasteiger partial charge < -0.3 is 14.2 Å². The van der Waals surface area contributed by atoms with Crippen molar-refractivity contribution in [3.05, 3.63) is 60.3 Å². The molecule has 2 fully saturated rings. The van der Waals surface area contributed by atoms with E-state index in [1.54, 1.807) is 6.33 Å². The Kier molecular flexibility index (Phi) is 4.26. The second kappa shape index (κ2) is 6.93. The van der Waals surface area contributed by atoms with Crippen molar-refractivity contribution in [2.45, 2.75) is 44.7 Å². The van der Waals surface area contributed by atoms with E-state index in [-0.39, 0.29) is 5.91 Å². The van der Waals surface area contributed by atoms with Crippen LogP contribution in [0.25, 0.3) is 5.52 Å². The highest BCUT2D eigenvalue weighted by Gasteiger charge is 2.37. The number of carbonyl (C=O) groups excluding carboxylic acids is 1. The molecular formula is C22H25N5O. The SMILES string of the molecule is Cc1cc(N(C2CC2)C2CCN(C(=O)c3cc4ccccn4c3)CC2)ncn1. The maximum absolute atomic E-state index is 13.0. The lowest BCUT2D eigenvalue weighted by atomic mass is 10.0. The van der Waals surface area contributed by atoms with Gasteiger partial charge in [-0.2, -0.15) is 0 Å². The fraction of sp³-hybridized carbons (Fsp3) is 0.409. The summed E-state index contributed by atoms with van der Waals surface area (Å²) in [7, 11) is 0. The standard InChI is InChI=1S/C22H25N5O/c1-16-12-21(24-15-23-16)27(18-5-6-18)19-7-10-25(11-8-19)22(28)17-13-20-4-2-3-9-26(20)14-17/h2-4,9,12-15,18-19H,5-8,10-11H2,1H3. The molecule has 1 saturated heterocycles. The van der Waals surface area contributed by atoms with Gasteiger partial charge in [0.25, 0.3) is 5.91 Å². The summed E-state index contributed by atoms with van der Waals surface area (Å²) in [5.74, 6) is 1.18. The third kappa shape index (κ3) is 3.23. The number of anilines is 1. The molecule has 0 aromatic carbocycles. The minimum atomic E-state index is 0.137. The topological polar surface area (TPSA) is 53.7 Å². The van der Waals surface area contributed by atoms with E-state index in [0.29, 0.717) is 12.1 Å². The van der Waals surface area contributed by atoms with Crippen molar-refractivity contribution in [2.75, 3.05) is 18.0 Å². The summed E-state index contributed by atoms with van der Waals surface area (Å²) in [6.07, 6.45) is 10.0. The summed E-state index contributed by atoms with van der Waals surface area (Å²) >= 11 is 0. The van der Waals surface area contributed by atoms with Gasteiger partial charge >= 0.3 is 0 Å². The van der Waals surface area contributed by atoms with Crippen molar-refractivity contribution in [1.29, 1.82) is 0 Å². The van der Waals surface area contributed by atoms with Crippen molar-refractivity contribution in [3.8, 4) is 0 Å². The van der Waals surface area contributed by atoms with Gasteiger partial charge in [-0.1, -0.05) is 6.07 Å². The quantitative estimate of drug-likeness (QED) is 0.702. The predicted molar refractivity (Wildman–Crippen MR) is 109 cm³/mol. The first-order valence-electron chi connectivity index (χ1n) is 10.1. The Morgan fingerprint density at radius 2 is 1.86 bits per heavy atom. The second-order valence-electron chi connectivity index (χ2n) is 7.94. The van der Waals surface area contributed by atoms with Gasteiger partial charge in [-0.05, 0) is 50.8 Å². The third-order valence-electron chi connectivity index (χ3n) is 5.89. The lowest BCUT2D eigenvalue weighted by Gasteiger charge is -2.39. The second-order valence-corrected chi connectivity index (χ2v) is 7.94. The normalized spacial score (nSPS) is 17.8. The van der Waals surface area contributed by atoms with Crippen LogP contribution in [0.2, 0.25) is 0 Å². The molecule has 3 aromatic rings. The average molecular weight is 375 g/mol. The summed E-state index contributed by atoms with van der Waals surface area (Å²) in [5.41, 5.74) is 2.83. The Labute approximate surface area is 164 Å². The fourth-order valence-corrected chi connectivity index (χ4v) is 4.31. The third-order valence-corrected chi connectivity index (χ3v) is 5.89. The van der Waals surface area contributed by atoms with Crippen LogP contribution in [0.15, 0.2) is 49.1 Å². The first kappa shape index (κ1) is 17.2. The van der Waals surface area contributed by atoms with Crippen LogP contribution in [0.3, 0.4) is 0 Å². The van der Waals surface area contributed by atoms with E-state index in [0.717, 1.165) is 48.5 Å². The number of aryl methyl sites for hydroxylation is 1. The maximum Gasteiger partial charge on any atom is 0.255 e. The van der Waals surface area contributed by atoms with Crippen molar-refractivity contribution in [3.63, 3.8) is 0 Å². The van der Waals surface area contributed by atoms with Crippen LogP contribution in [0, 0.1) is 6.92 Å². The van der Waals surface area contributed by atoms with E-state index in [9.17, 15) is 4.79 Å². The number of likely N-dealkylation sites (tertiary alicyclic amines) is 1. The molecule has 1 aliphatic carbocycles. The first-order valence-corrected chi connectivity index (χ1v) is 10.1.